The predicted molar refractivity (Wildman–Crippen MR) is 100 cm³/mol. The van der Waals surface area contributed by atoms with Gasteiger partial charge in [0.1, 0.15) is 6.61 Å². The third-order valence-electron chi connectivity index (χ3n) is 3.96. The number of pyridine rings is 1. The Balaban J connectivity index is 2.00. The minimum absolute atomic E-state index is 0.00948. The Labute approximate surface area is 156 Å². The van der Waals surface area contributed by atoms with Crippen LogP contribution in [0.2, 0.25) is 0 Å². The second-order valence-electron chi connectivity index (χ2n) is 5.62. The second kappa shape index (κ2) is 6.30. The zero-order chi connectivity index (χ0) is 18.3. The lowest BCUT2D eigenvalue weighted by Crippen LogP contribution is -2.11. The lowest BCUT2D eigenvalue weighted by atomic mass is 10.1. The van der Waals surface area contributed by atoms with Crippen LogP contribution in [0.15, 0.2) is 53.0 Å². The van der Waals surface area contributed by atoms with Gasteiger partial charge in [-0.15, -0.1) is 5.10 Å². The van der Waals surface area contributed by atoms with Crippen molar-refractivity contribution in [1.29, 1.82) is 0 Å². The lowest BCUT2D eigenvalue weighted by Gasteiger charge is -2.14. The number of aromatic nitrogens is 3. The van der Waals surface area contributed by atoms with Crippen LogP contribution in [0.5, 0.6) is 5.75 Å². The molecule has 7 nitrogen and oxygen atoms in total. The average molecular weight is 413 g/mol. The minimum atomic E-state index is -1.18. The summed E-state index contributed by atoms with van der Waals surface area (Å²) < 4.78 is 7.90. The number of nitrogen functional groups attached to an aromatic ring is 1. The molecule has 0 amide bonds. The predicted octanol–water partition coefficient (Wildman–Crippen LogP) is 3.50. The number of rotatable bonds is 4. The van der Waals surface area contributed by atoms with E-state index in [2.05, 4.69) is 26.0 Å². The van der Waals surface area contributed by atoms with Crippen molar-refractivity contribution in [3.05, 3.63) is 64.3 Å². The SMILES string of the molecule is Nc1nc2c3c(Br)cccc3c(OCc3ccccc3)c(C(=O)O)n2n1. The molecule has 26 heavy (non-hydrogen) atoms. The minimum Gasteiger partial charge on any atom is -0.486 e. The summed E-state index contributed by atoms with van der Waals surface area (Å²) in [6.45, 7) is 0.221. The lowest BCUT2D eigenvalue weighted by molar-refractivity contribution is 0.0682. The molecule has 130 valence electrons. The van der Waals surface area contributed by atoms with E-state index in [0.717, 1.165) is 10.0 Å². The van der Waals surface area contributed by atoms with Crippen LogP contribution in [0.25, 0.3) is 16.4 Å². The van der Waals surface area contributed by atoms with Gasteiger partial charge in [-0.2, -0.15) is 9.50 Å². The molecule has 0 spiro atoms. The Morgan fingerprint density at radius 3 is 2.69 bits per heavy atom. The van der Waals surface area contributed by atoms with Crippen LogP contribution in [-0.2, 0) is 6.61 Å². The normalized spacial score (nSPS) is 11.1. The van der Waals surface area contributed by atoms with Crippen molar-refractivity contribution in [2.24, 2.45) is 0 Å². The first kappa shape index (κ1) is 16.3. The number of hydrogen-bond acceptors (Lipinski definition) is 5. The molecule has 0 saturated heterocycles. The van der Waals surface area contributed by atoms with Gasteiger partial charge in [0.05, 0.1) is 0 Å². The van der Waals surface area contributed by atoms with E-state index in [1.165, 1.54) is 4.52 Å². The Bertz CT molecular complexity index is 1140. The first-order chi connectivity index (χ1) is 12.6. The van der Waals surface area contributed by atoms with E-state index < -0.39 is 5.97 Å². The van der Waals surface area contributed by atoms with Gasteiger partial charge < -0.3 is 15.6 Å². The summed E-state index contributed by atoms with van der Waals surface area (Å²) in [5.74, 6) is -0.968. The summed E-state index contributed by atoms with van der Waals surface area (Å²) in [4.78, 5) is 16.1. The van der Waals surface area contributed by atoms with Crippen LogP contribution in [0, 0.1) is 0 Å². The molecule has 2 aromatic heterocycles. The first-order valence-corrected chi connectivity index (χ1v) is 8.52. The fourth-order valence-corrected chi connectivity index (χ4v) is 3.42. The summed E-state index contributed by atoms with van der Waals surface area (Å²) >= 11 is 3.49. The Morgan fingerprint density at radius 1 is 1.19 bits per heavy atom. The zero-order valence-electron chi connectivity index (χ0n) is 13.4. The number of benzene rings is 2. The highest BCUT2D eigenvalue weighted by Crippen LogP contribution is 2.37. The second-order valence-corrected chi connectivity index (χ2v) is 6.48. The molecule has 0 saturated carbocycles. The van der Waals surface area contributed by atoms with Crippen molar-refractivity contribution in [3.63, 3.8) is 0 Å². The number of hydrogen-bond donors (Lipinski definition) is 2. The zero-order valence-corrected chi connectivity index (χ0v) is 15.0. The van der Waals surface area contributed by atoms with E-state index in [1.54, 1.807) is 6.07 Å². The smallest absolute Gasteiger partial charge is 0.358 e. The number of ether oxygens (including phenoxy) is 1. The van der Waals surface area contributed by atoms with E-state index >= 15 is 0 Å². The maximum Gasteiger partial charge on any atom is 0.358 e. The van der Waals surface area contributed by atoms with Crippen molar-refractivity contribution < 1.29 is 14.6 Å². The van der Waals surface area contributed by atoms with Gasteiger partial charge >= 0.3 is 5.97 Å². The highest BCUT2D eigenvalue weighted by Gasteiger charge is 2.24. The van der Waals surface area contributed by atoms with Crippen LogP contribution in [0.1, 0.15) is 16.1 Å². The Morgan fingerprint density at radius 2 is 1.96 bits per heavy atom. The summed E-state index contributed by atoms with van der Waals surface area (Å²) in [6.07, 6.45) is 0. The van der Waals surface area contributed by atoms with Crippen LogP contribution < -0.4 is 10.5 Å². The van der Waals surface area contributed by atoms with Gasteiger partial charge in [0.2, 0.25) is 5.95 Å². The maximum absolute atomic E-state index is 12.0. The Kier molecular flexibility index (Phi) is 3.96. The molecule has 0 atom stereocenters. The van der Waals surface area contributed by atoms with Gasteiger partial charge in [-0.1, -0.05) is 58.4 Å². The van der Waals surface area contributed by atoms with Crippen LogP contribution in [-0.4, -0.2) is 25.7 Å². The molecule has 2 aromatic carbocycles. The van der Waals surface area contributed by atoms with Gasteiger partial charge in [0, 0.05) is 15.2 Å². The van der Waals surface area contributed by atoms with Gasteiger partial charge in [-0.3, -0.25) is 0 Å². The molecule has 0 bridgehead atoms. The van der Waals surface area contributed by atoms with Gasteiger partial charge in [0.15, 0.2) is 17.1 Å². The average Bonchev–Trinajstić information content (AvgIpc) is 3.00. The van der Waals surface area contributed by atoms with E-state index in [1.807, 2.05) is 42.5 Å². The number of carbonyl (C=O) groups is 1. The van der Waals surface area contributed by atoms with Crippen molar-refractivity contribution >= 4 is 44.3 Å². The van der Waals surface area contributed by atoms with Crippen molar-refractivity contribution in [2.45, 2.75) is 6.61 Å². The van der Waals surface area contributed by atoms with Gasteiger partial charge in [-0.25, -0.2) is 4.79 Å². The highest BCUT2D eigenvalue weighted by molar-refractivity contribution is 9.10. The molecule has 4 rings (SSSR count). The molecule has 0 aliphatic carbocycles. The number of carboxylic acids is 1. The van der Waals surface area contributed by atoms with Gasteiger partial charge in [0.25, 0.3) is 0 Å². The number of halogens is 1. The Hall–Kier alpha value is -3.13. The third-order valence-corrected chi connectivity index (χ3v) is 4.62. The van der Waals surface area contributed by atoms with E-state index in [0.29, 0.717) is 16.4 Å². The molecular formula is C18H13BrN4O3. The largest absolute Gasteiger partial charge is 0.486 e. The molecule has 8 heteroatoms. The molecule has 0 aliphatic heterocycles. The molecule has 0 fully saturated rings. The number of anilines is 1. The quantitative estimate of drug-likeness (QED) is 0.531. The number of nitrogens with zero attached hydrogens (tertiary/aromatic N) is 3. The molecule has 3 N–H and O–H groups in total. The molecule has 0 unspecified atom stereocenters. The van der Waals surface area contributed by atoms with Crippen LogP contribution in [0.3, 0.4) is 0 Å². The molecular weight excluding hydrogens is 400 g/mol. The summed E-state index contributed by atoms with van der Waals surface area (Å²) in [5.41, 5.74) is 6.88. The standard InChI is InChI=1S/C18H13BrN4O3/c19-12-8-4-7-11-13(12)16-21-18(20)22-23(16)14(17(24)25)15(11)26-9-10-5-2-1-3-6-10/h1-8H,9H2,(H2,20,22)(H,24,25). The van der Waals surface area contributed by atoms with Crippen molar-refractivity contribution in [2.75, 3.05) is 5.73 Å². The fourth-order valence-electron chi connectivity index (χ4n) is 2.87. The number of nitrogens with two attached hydrogens (primary N) is 1. The third kappa shape index (κ3) is 2.64. The first-order valence-electron chi connectivity index (χ1n) is 7.72. The summed E-state index contributed by atoms with van der Waals surface area (Å²) in [7, 11) is 0. The monoisotopic (exact) mass is 412 g/mol. The fraction of sp³-hybridized carbons (Fsp3) is 0.0556. The molecule has 2 heterocycles. The van der Waals surface area contributed by atoms with Crippen molar-refractivity contribution in [1.82, 2.24) is 14.6 Å². The van der Waals surface area contributed by atoms with E-state index in [9.17, 15) is 9.90 Å². The maximum atomic E-state index is 12.0. The van der Waals surface area contributed by atoms with Crippen LogP contribution >= 0.6 is 15.9 Å². The van der Waals surface area contributed by atoms with E-state index in [-0.39, 0.29) is 24.0 Å². The van der Waals surface area contributed by atoms with Gasteiger partial charge in [-0.05, 0) is 11.6 Å². The molecule has 0 aliphatic rings. The molecule has 4 aromatic rings. The molecule has 0 radical (unpaired) electrons. The van der Waals surface area contributed by atoms with E-state index in [4.69, 9.17) is 10.5 Å². The topological polar surface area (TPSA) is 103 Å². The van der Waals surface area contributed by atoms with Crippen LogP contribution in [0.4, 0.5) is 5.95 Å². The summed E-state index contributed by atoms with van der Waals surface area (Å²) in [6, 6.07) is 15.0. The number of aromatic carboxylic acids is 1. The number of fused-ring (bicyclic) bond motifs is 3. The number of carboxylic acid groups (broad SMARTS) is 1. The summed E-state index contributed by atoms with van der Waals surface area (Å²) in [5, 5.41) is 15.1. The van der Waals surface area contributed by atoms with Crippen molar-refractivity contribution in [3.8, 4) is 5.75 Å². The highest BCUT2D eigenvalue weighted by atomic mass is 79.9.